The van der Waals surface area contributed by atoms with E-state index in [4.69, 9.17) is 0 Å². The fourth-order valence-electron chi connectivity index (χ4n) is 2.68. The van der Waals surface area contributed by atoms with Crippen molar-refractivity contribution < 1.29 is 4.39 Å². The third kappa shape index (κ3) is 2.31. The molecule has 0 saturated carbocycles. The van der Waals surface area contributed by atoms with Crippen LogP contribution in [0, 0.1) is 5.82 Å². The lowest BCUT2D eigenvalue weighted by Gasteiger charge is -2.31. The maximum Gasteiger partial charge on any atom is 0.123 e. The first-order valence-electron chi connectivity index (χ1n) is 6.19. The van der Waals surface area contributed by atoms with Crippen LogP contribution in [0.2, 0.25) is 0 Å². The highest BCUT2D eigenvalue weighted by Crippen LogP contribution is 2.36. The average molecular weight is 262 g/mol. The van der Waals surface area contributed by atoms with Gasteiger partial charge in [-0.2, -0.15) is 0 Å². The molecule has 18 heavy (non-hydrogen) atoms. The molecule has 2 aromatic rings. The van der Waals surface area contributed by atoms with E-state index < -0.39 is 0 Å². The van der Waals surface area contributed by atoms with Crippen molar-refractivity contribution in [1.29, 1.82) is 0 Å². The first kappa shape index (κ1) is 11.8. The van der Waals surface area contributed by atoms with Crippen LogP contribution in [0.25, 0.3) is 0 Å². The standard InChI is InChI=1S/C14H15FN2S/c15-11-3-1-10(2-4-11)13-7-16-6-5-12(13)14-8-18-9-17-14/h1-4,8-9,12-13,16H,5-7H2. The molecule has 1 saturated heterocycles. The Morgan fingerprint density at radius 1 is 1.22 bits per heavy atom. The van der Waals surface area contributed by atoms with Gasteiger partial charge in [0.1, 0.15) is 5.82 Å². The Morgan fingerprint density at radius 3 is 2.78 bits per heavy atom. The number of halogens is 1. The molecule has 1 fully saturated rings. The van der Waals surface area contributed by atoms with Crippen molar-refractivity contribution in [2.24, 2.45) is 0 Å². The normalized spacial score (nSPS) is 24.1. The molecule has 0 bridgehead atoms. The van der Waals surface area contributed by atoms with Gasteiger partial charge >= 0.3 is 0 Å². The highest BCUT2D eigenvalue weighted by molar-refractivity contribution is 7.07. The van der Waals surface area contributed by atoms with E-state index in [9.17, 15) is 4.39 Å². The Balaban J connectivity index is 1.90. The molecule has 1 aromatic heterocycles. The van der Waals surface area contributed by atoms with E-state index in [2.05, 4.69) is 15.7 Å². The number of thiazole rings is 1. The third-order valence-corrected chi connectivity index (χ3v) is 4.22. The Morgan fingerprint density at radius 2 is 2.06 bits per heavy atom. The predicted molar refractivity (Wildman–Crippen MR) is 71.5 cm³/mol. The Bertz CT molecular complexity index is 495. The number of hydrogen-bond acceptors (Lipinski definition) is 3. The topological polar surface area (TPSA) is 24.9 Å². The molecule has 2 atom stereocenters. The molecule has 0 aliphatic carbocycles. The summed E-state index contributed by atoms with van der Waals surface area (Å²) in [7, 11) is 0. The molecule has 1 aliphatic heterocycles. The summed E-state index contributed by atoms with van der Waals surface area (Å²) in [6, 6.07) is 6.88. The second-order valence-corrected chi connectivity index (χ2v) is 5.39. The van der Waals surface area contributed by atoms with Crippen LogP contribution in [0.4, 0.5) is 4.39 Å². The highest BCUT2D eigenvalue weighted by Gasteiger charge is 2.28. The summed E-state index contributed by atoms with van der Waals surface area (Å²) in [5, 5.41) is 5.55. The van der Waals surface area contributed by atoms with E-state index in [1.807, 2.05) is 17.6 Å². The summed E-state index contributed by atoms with van der Waals surface area (Å²) in [6.07, 6.45) is 1.09. The van der Waals surface area contributed by atoms with Crippen LogP contribution in [-0.4, -0.2) is 18.1 Å². The quantitative estimate of drug-likeness (QED) is 0.899. The molecule has 3 rings (SSSR count). The average Bonchev–Trinajstić information content (AvgIpc) is 2.93. The molecule has 0 spiro atoms. The maximum absolute atomic E-state index is 13.0. The van der Waals surface area contributed by atoms with Gasteiger partial charge in [-0.1, -0.05) is 12.1 Å². The molecule has 1 aliphatic rings. The smallest absolute Gasteiger partial charge is 0.123 e. The first-order chi connectivity index (χ1) is 8.84. The van der Waals surface area contributed by atoms with E-state index >= 15 is 0 Å². The molecular weight excluding hydrogens is 247 g/mol. The minimum Gasteiger partial charge on any atom is -0.316 e. The number of nitrogens with one attached hydrogen (secondary N) is 1. The summed E-state index contributed by atoms with van der Waals surface area (Å²) in [4.78, 5) is 4.45. The van der Waals surface area contributed by atoms with Gasteiger partial charge in [-0.3, -0.25) is 0 Å². The van der Waals surface area contributed by atoms with E-state index in [1.54, 1.807) is 23.5 Å². The van der Waals surface area contributed by atoms with Gasteiger partial charge in [0.15, 0.2) is 0 Å². The summed E-state index contributed by atoms with van der Waals surface area (Å²) in [5.41, 5.74) is 4.26. The number of aromatic nitrogens is 1. The van der Waals surface area contributed by atoms with Crippen LogP contribution >= 0.6 is 11.3 Å². The Kier molecular flexibility index (Phi) is 3.39. The van der Waals surface area contributed by atoms with E-state index in [0.29, 0.717) is 11.8 Å². The van der Waals surface area contributed by atoms with Crippen molar-refractivity contribution in [2.75, 3.05) is 13.1 Å². The van der Waals surface area contributed by atoms with Crippen LogP contribution < -0.4 is 5.32 Å². The van der Waals surface area contributed by atoms with E-state index in [0.717, 1.165) is 19.5 Å². The van der Waals surface area contributed by atoms with E-state index in [1.165, 1.54) is 11.3 Å². The monoisotopic (exact) mass is 262 g/mol. The van der Waals surface area contributed by atoms with Crippen molar-refractivity contribution in [1.82, 2.24) is 10.3 Å². The van der Waals surface area contributed by atoms with Gasteiger partial charge in [0.2, 0.25) is 0 Å². The molecule has 4 heteroatoms. The molecule has 2 nitrogen and oxygen atoms in total. The van der Waals surface area contributed by atoms with Crippen molar-refractivity contribution >= 4 is 11.3 Å². The fourth-order valence-corrected chi connectivity index (χ4v) is 3.30. The molecule has 94 valence electrons. The second kappa shape index (κ2) is 5.16. The highest BCUT2D eigenvalue weighted by atomic mass is 32.1. The van der Waals surface area contributed by atoms with Gasteiger partial charge in [0, 0.05) is 23.8 Å². The summed E-state index contributed by atoms with van der Waals surface area (Å²) >= 11 is 1.64. The number of hydrogen-bond donors (Lipinski definition) is 1. The van der Waals surface area contributed by atoms with Crippen molar-refractivity contribution in [3.63, 3.8) is 0 Å². The molecule has 2 unspecified atom stereocenters. The molecular formula is C14H15FN2S. The lowest BCUT2D eigenvalue weighted by molar-refractivity contribution is 0.399. The second-order valence-electron chi connectivity index (χ2n) is 4.67. The number of benzene rings is 1. The summed E-state index contributed by atoms with van der Waals surface area (Å²) in [6.45, 7) is 1.97. The van der Waals surface area contributed by atoms with Gasteiger partial charge in [-0.15, -0.1) is 11.3 Å². The van der Waals surface area contributed by atoms with Gasteiger partial charge in [0.25, 0.3) is 0 Å². The van der Waals surface area contributed by atoms with Crippen molar-refractivity contribution in [2.45, 2.75) is 18.3 Å². The molecule has 0 amide bonds. The van der Waals surface area contributed by atoms with Gasteiger partial charge in [0.05, 0.1) is 11.2 Å². The Hall–Kier alpha value is -1.26. The van der Waals surface area contributed by atoms with Gasteiger partial charge in [-0.25, -0.2) is 9.37 Å². The maximum atomic E-state index is 13.0. The summed E-state index contributed by atoms with van der Waals surface area (Å²) in [5.74, 6) is 0.664. The fraction of sp³-hybridized carbons (Fsp3) is 0.357. The van der Waals surface area contributed by atoms with Crippen LogP contribution in [0.15, 0.2) is 35.2 Å². The van der Waals surface area contributed by atoms with Crippen LogP contribution in [0.1, 0.15) is 29.5 Å². The largest absolute Gasteiger partial charge is 0.316 e. The zero-order valence-electron chi connectivity index (χ0n) is 9.97. The molecule has 2 heterocycles. The molecule has 1 aromatic carbocycles. The van der Waals surface area contributed by atoms with Gasteiger partial charge in [-0.05, 0) is 30.7 Å². The molecule has 1 N–H and O–H groups in total. The van der Waals surface area contributed by atoms with Crippen LogP contribution in [0.5, 0.6) is 0 Å². The lowest BCUT2D eigenvalue weighted by Crippen LogP contribution is -2.34. The SMILES string of the molecule is Fc1ccc(C2CNCCC2c2cscn2)cc1. The van der Waals surface area contributed by atoms with Crippen LogP contribution in [-0.2, 0) is 0 Å². The van der Waals surface area contributed by atoms with Crippen LogP contribution in [0.3, 0.4) is 0 Å². The summed E-state index contributed by atoms with van der Waals surface area (Å²) < 4.78 is 13.0. The zero-order chi connectivity index (χ0) is 12.4. The van der Waals surface area contributed by atoms with Crippen molar-refractivity contribution in [3.8, 4) is 0 Å². The minimum atomic E-state index is -0.173. The minimum absolute atomic E-state index is 0.173. The van der Waals surface area contributed by atoms with Gasteiger partial charge < -0.3 is 5.32 Å². The zero-order valence-corrected chi connectivity index (χ0v) is 10.8. The predicted octanol–water partition coefficient (Wildman–Crippen LogP) is 3.14. The number of piperidine rings is 1. The lowest BCUT2D eigenvalue weighted by atomic mass is 9.80. The number of rotatable bonds is 2. The van der Waals surface area contributed by atoms with E-state index in [-0.39, 0.29) is 5.82 Å². The number of nitrogens with zero attached hydrogens (tertiary/aromatic N) is 1. The van der Waals surface area contributed by atoms with Crippen molar-refractivity contribution in [3.05, 3.63) is 52.2 Å². The third-order valence-electron chi connectivity index (χ3n) is 3.61. The molecule has 0 radical (unpaired) electrons. The first-order valence-corrected chi connectivity index (χ1v) is 7.13. The Labute approximate surface area is 110 Å².